The largest absolute Gasteiger partial charge is 0.397 e. The molecule has 0 saturated heterocycles. The minimum absolute atomic E-state index is 0.0300. The van der Waals surface area contributed by atoms with Crippen molar-refractivity contribution in [2.24, 2.45) is 0 Å². The van der Waals surface area contributed by atoms with Gasteiger partial charge in [0.05, 0.1) is 16.9 Å². The zero-order chi connectivity index (χ0) is 12.3. The Balaban J connectivity index is 2.43. The van der Waals surface area contributed by atoms with Gasteiger partial charge in [-0.15, -0.1) is 0 Å². The smallest absolute Gasteiger partial charge is 0.166 e. The average Bonchev–Trinajstić information content (AvgIpc) is 2.36. The molecule has 0 aliphatic heterocycles. The van der Waals surface area contributed by atoms with Crippen LogP contribution in [-0.4, -0.2) is 0 Å². The summed E-state index contributed by atoms with van der Waals surface area (Å²) >= 11 is 0. The summed E-state index contributed by atoms with van der Waals surface area (Å²) < 4.78 is 13.9. The molecule has 2 aromatic carbocycles. The van der Waals surface area contributed by atoms with Gasteiger partial charge in [0.2, 0.25) is 0 Å². The number of hydrogen-bond acceptors (Lipinski definition) is 3. The Morgan fingerprint density at radius 1 is 1.12 bits per heavy atom. The number of hydrogen-bond donors (Lipinski definition) is 2. The van der Waals surface area contributed by atoms with Crippen LogP contribution < -0.4 is 11.1 Å². The third kappa shape index (κ3) is 2.18. The van der Waals surface area contributed by atoms with Crippen molar-refractivity contribution in [2.75, 3.05) is 11.1 Å². The first kappa shape index (κ1) is 11.0. The first-order valence-electron chi connectivity index (χ1n) is 5.02. The third-order valence-corrected chi connectivity index (χ3v) is 2.34. The van der Waals surface area contributed by atoms with Crippen molar-refractivity contribution in [2.45, 2.75) is 0 Å². The summed E-state index contributed by atoms with van der Waals surface area (Å²) in [4.78, 5) is 0. The first-order valence-corrected chi connectivity index (χ1v) is 5.02. The predicted octanol–water partition coefficient (Wildman–Crippen LogP) is 3.02. The van der Waals surface area contributed by atoms with Gasteiger partial charge in [0, 0.05) is 5.69 Å². The zero-order valence-corrected chi connectivity index (χ0v) is 8.94. The van der Waals surface area contributed by atoms with Crippen molar-refractivity contribution in [3.63, 3.8) is 0 Å². The van der Waals surface area contributed by atoms with Gasteiger partial charge in [0.1, 0.15) is 6.07 Å². The second kappa shape index (κ2) is 4.54. The molecule has 0 amide bonds. The van der Waals surface area contributed by atoms with Crippen molar-refractivity contribution < 1.29 is 4.39 Å². The van der Waals surface area contributed by atoms with Gasteiger partial charge >= 0.3 is 0 Å². The highest BCUT2D eigenvalue weighted by atomic mass is 19.1. The Kier molecular flexibility index (Phi) is 2.93. The van der Waals surface area contributed by atoms with Crippen LogP contribution in [0.15, 0.2) is 42.5 Å². The maximum Gasteiger partial charge on any atom is 0.166 e. The number of halogens is 1. The summed E-state index contributed by atoms with van der Waals surface area (Å²) in [6.45, 7) is 0. The van der Waals surface area contributed by atoms with E-state index in [0.29, 0.717) is 5.69 Å². The molecule has 84 valence electrons. The SMILES string of the molecule is N#Cc1ccc(N)c(Nc2ccccc2)c1F. The van der Waals surface area contributed by atoms with Crippen LogP contribution in [0.1, 0.15) is 5.56 Å². The van der Waals surface area contributed by atoms with Gasteiger partial charge in [-0.2, -0.15) is 5.26 Å². The van der Waals surface area contributed by atoms with Crippen molar-refractivity contribution >= 4 is 17.1 Å². The molecule has 0 atom stereocenters. The zero-order valence-electron chi connectivity index (χ0n) is 8.94. The monoisotopic (exact) mass is 227 g/mol. The summed E-state index contributed by atoms with van der Waals surface area (Å²) in [5.74, 6) is -0.628. The Labute approximate surface area is 98.3 Å². The summed E-state index contributed by atoms with van der Waals surface area (Å²) in [6.07, 6.45) is 0. The molecule has 4 heteroatoms. The van der Waals surface area contributed by atoms with Gasteiger partial charge in [0.25, 0.3) is 0 Å². The van der Waals surface area contributed by atoms with E-state index in [1.165, 1.54) is 12.1 Å². The van der Waals surface area contributed by atoms with E-state index in [4.69, 9.17) is 11.0 Å². The second-order valence-corrected chi connectivity index (χ2v) is 3.49. The van der Waals surface area contributed by atoms with Crippen LogP contribution in [-0.2, 0) is 0 Å². The molecule has 3 N–H and O–H groups in total. The van der Waals surface area contributed by atoms with Gasteiger partial charge in [-0.05, 0) is 24.3 Å². The summed E-state index contributed by atoms with van der Waals surface area (Å²) in [7, 11) is 0. The molecule has 0 aliphatic carbocycles. The maximum atomic E-state index is 13.9. The number of anilines is 3. The van der Waals surface area contributed by atoms with E-state index in [1.54, 1.807) is 18.2 Å². The lowest BCUT2D eigenvalue weighted by molar-refractivity contribution is 0.628. The number of para-hydroxylation sites is 1. The van der Waals surface area contributed by atoms with Gasteiger partial charge in [-0.25, -0.2) is 4.39 Å². The molecule has 0 unspecified atom stereocenters. The molecule has 0 spiro atoms. The van der Waals surface area contributed by atoms with Gasteiger partial charge in [-0.3, -0.25) is 0 Å². The maximum absolute atomic E-state index is 13.9. The number of nitrogen functional groups attached to an aromatic ring is 1. The Morgan fingerprint density at radius 3 is 2.47 bits per heavy atom. The van der Waals surface area contributed by atoms with E-state index in [0.717, 1.165) is 0 Å². The highest BCUT2D eigenvalue weighted by Gasteiger charge is 2.11. The van der Waals surface area contributed by atoms with Gasteiger partial charge in [0.15, 0.2) is 5.82 Å². The molecular weight excluding hydrogens is 217 g/mol. The number of nitrogens with one attached hydrogen (secondary N) is 1. The number of nitrogens with two attached hydrogens (primary N) is 1. The fraction of sp³-hybridized carbons (Fsp3) is 0. The van der Waals surface area contributed by atoms with E-state index < -0.39 is 5.82 Å². The van der Waals surface area contributed by atoms with Gasteiger partial charge in [-0.1, -0.05) is 18.2 Å². The van der Waals surface area contributed by atoms with Crippen LogP contribution in [0.3, 0.4) is 0 Å². The molecule has 2 aromatic rings. The lowest BCUT2D eigenvalue weighted by Crippen LogP contribution is -2.01. The molecule has 0 saturated carbocycles. The van der Waals surface area contributed by atoms with E-state index >= 15 is 0 Å². The molecule has 2 rings (SSSR count). The molecular formula is C13H10FN3. The topological polar surface area (TPSA) is 61.8 Å². The van der Waals surface area contributed by atoms with Crippen molar-refractivity contribution in [1.82, 2.24) is 0 Å². The highest BCUT2D eigenvalue weighted by molar-refractivity contribution is 5.74. The Hall–Kier alpha value is -2.54. The van der Waals surface area contributed by atoms with Crippen LogP contribution in [0, 0.1) is 17.1 Å². The minimum Gasteiger partial charge on any atom is -0.397 e. The predicted molar refractivity (Wildman–Crippen MR) is 65.3 cm³/mol. The van der Waals surface area contributed by atoms with Crippen LogP contribution in [0.4, 0.5) is 21.5 Å². The van der Waals surface area contributed by atoms with Crippen LogP contribution in [0.5, 0.6) is 0 Å². The number of benzene rings is 2. The molecule has 0 aliphatic rings. The second-order valence-electron chi connectivity index (χ2n) is 3.49. The molecule has 0 heterocycles. The van der Waals surface area contributed by atoms with E-state index in [9.17, 15) is 4.39 Å². The van der Waals surface area contributed by atoms with Crippen LogP contribution in [0.25, 0.3) is 0 Å². The van der Waals surface area contributed by atoms with Gasteiger partial charge < -0.3 is 11.1 Å². The molecule has 0 aromatic heterocycles. The van der Waals surface area contributed by atoms with Crippen molar-refractivity contribution in [1.29, 1.82) is 5.26 Å². The Morgan fingerprint density at radius 2 is 1.82 bits per heavy atom. The molecule has 17 heavy (non-hydrogen) atoms. The van der Waals surface area contributed by atoms with Crippen LogP contribution >= 0.6 is 0 Å². The molecule has 3 nitrogen and oxygen atoms in total. The first-order chi connectivity index (χ1) is 8.22. The average molecular weight is 227 g/mol. The molecule has 0 bridgehead atoms. The van der Waals surface area contributed by atoms with E-state index in [-0.39, 0.29) is 16.9 Å². The number of rotatable bonds is 2. The van der Waals surface area contributed by atoms with E-state index in [2.05, 4.69) is 5.32 Å². The fourth-order valence-electron chi connectivity index (χ4n) is 1.47. The third-order valence-electron chi connectivity index (χ3n) is 2.34. The molecule has 0 radical (unpaired) electrons. The minimum atomic E-state index is -0.628. The number of nitriles is 1. The lowest BCUT2D eigenvalue weighted by atomic mass is 10.1. The number of nitrogens with zero attached hydrogens (tertiary/aromatic N) is 1. The van der Waals surface area contributed by atoms with E-state index in [1.807, 2.05) is 18.2 Å². The lowest BCUT2D eigenvalue weighted by Gasteiger charge is -2.10. The highest BCUT2D eigenvalue weighted by Crippen LogP contribution is 2.28. The summed E-state index contributed by atoms with van der Waals surface area (Å²) in [5.41, 5.74) is 6.77. The normalized spacial score (nSPS) is 9.65. The summed E-state index contributed by atoms with van der Waals surface area (Å²) in [6, 6.07) is 13.7. The quantitative estimate of drug-likeness (QED) is 0.775. The van der Waals surface area contributed by atoms with Crippen LogP contribution in [0.2, 0.25) is 0 Å². The Bertz CT molecular complexity index is 573. The van der Waals surface area contributed by atoms with Crippen molar-refractivity contribution in [3.8, 4) is 6.07 Å². The summed E-state index contributed by atoms with van der Waals surface area (Å²) in [5, 5.41) is 11.6. The standard InChI is InChI=1S/C13H10FN3/c14-12-9(8-15)6-7-11(16)13(12)17-10-4-2-1-3-5-10/h1-7,17H,16H2. The van der Waals surface area contributed by atoms with Crippen molar-refractivity contribution in [3.05, 3.63) is 53.8 Å². The fourth-order valence-corrected chi connectivity index (χ4v) is 1.47. The molecule has 0 fully saturated rings.